The summed E-state index contributed by atoms with van der Waals surface area (Å²) in [5, 5.41) is 3.57. The first-order chi connectivity index (χ1) is 21.6. The van der Waals surface area contributed by atoms with Gasteiger partial charge in [0.1, 0.15) is 18.3 Å². The van der Waals surface area contributed by atoms with Gasteiger partial charge in [-0.15, -0.1) is 0 Å². The smallest absolute Gasteiger partial charge is 0.264 e. The molecular formula is C35H38ClN3O5S. The molecule has 4 aromatic carbocycles. The summed E-state index contributed by atoms with van der Waals surface area (Å²) in [5.74, 6) is -0.354. The molecule has 236 valence electrons. The van der Waals surface area contributed by atoms with Gasteiger partial charge in [-0.2, -0.15) is 0 Å². The van der Waals surface area contributed by atoms with Crippen LogP contribution in [-0.2, 0) is 32.6 Å². The van der Waals surface area contributed by atoms with Gasteiger partial charge in [-0.1, -0.05) is 79.2 Å². The molecule has 45 heavy (non-hydrogen) atoms. The van der Waals surface area contributed by atoms with Gasteiger partial charge in [0.15, 0.2) is 0 Å². The molecule has 0 aliphatic heterocycles. The molecule has 0 aliphatic carbocycles. The Bertz CT molecular complexity index is 1650. The minimum atomic E-state index is -4.20. The number of carbonyl (C=O) groups is 2. The van der Waals surface area contributed by atoms with Crippen molar-refractivity contribution in [2.75, 3.05) is 18.0 Å². The number of benzene rings is 4. The lowest BCUT2D eigenvalue weighted by Gasteiger charge is -2.34. The van der Waals surface area contributed by atoms with Crippen LogP contribution in [0.15, 0.2) is 114 Å². The lowest BCUT2D eigenvalue weighted by atomic mass is 10.0. The monoisotopic (exact) mass is 647 g/mol. The normalized spacial score (nSPS) is 12.5. The number of methoxy groups -OCH3 is 1. The van der Waals surface area contributed by atoms with Gasteiger partial charge in [-0.05, 0) is 73.0 Å². The molecule has 0 radical (unpaired) electrons. The van der Waals surface area contributed by atoms with Crippen LogP contribution in [0.3, 0.4) is 0 Å². The highest BCUT2D eigenvalue weighted by Gasteiger charge is 2.35. The van der Waals surface area contributed by atoms with E-state index in [9.17, 15) is 18.0 Å². The Morgan fingerprint density at radius 3 is 2.02 bits per heavy atom. The van der Waals surface area contributed by atoms with Crippen molar-refractivity contribution in [2.45, 2.75) is 50.2 Å². The first-order valence-electron chi connectivity index (χ1n) is 14.7. The molecule has 4 rings (SSSR count). The molecule has 0 spiro atoms. The van der Waals surface area contributed by atoms with E-state index in [1.165, 1.54) is 24.1 Å². The Hall–Kier alpha value is -4.34. The second-order valence-electron chi connectivity index (χ2n) is 10.7. The second kappa shape index (κ2) is 15.6. The predicted molar refractivity (Wildman–Crippen MR) is 178 cm³/mol. The third-order valence-electron chi connectivity index (χ3n) is 7.51. The molecule has 0 bridgehead atoms. The topological polar surface area (TPSA) is 96.0 Å². The maximum Gasteiger partial charge on any atom is 0.264 e. The molecule has 0 aliphatic rings. The van der Waals surface area contributed by atoms with Gasteiger partial charge in [0.25, 0.3) is 10.0 Å². The van der Waals surface area contributed by atoms with Gasteiger partial charge in [0.05, 0.1) is 17.7 Å². The fourth-order valence-electron chi connectivity index (χ4n) is 4.78. The van der Waals surface area contributed by atoms with Crippen molar-refractivity contribution >= 4 is 39.1 Å². The number of rotatable bonds is 14. The Kier molecular flexibility index (Phi) is 11.6. The molecule has 0 unspecified atom stereocenters. The van der Waals surface area contributed by atoms with Gasteiger partial charge in [-0.25, -0.2) is 8.42 Å². The molecule has 0 saturated heterocycles. The summed E-state index contributed by atoms with van der Waals surface area (Å²) in [6.45, 7) is 3.40. The zero-order chi connectivity index (χ0) is 32.4. The highest BCUT2D eigenvalue weighted by atomic mass is 35.5. The van der Waals surface area contributed by atoms with E-state index in [0.29, 0.717) is 22.9 Å². The van der Waals surface area contributed by atoms with Crippen LogP contribution in [0.5, 0.6) is 5.75 Å². The van der Waals surface area contributed by atoms with E-state index in [2.05, 4.69) is 5.32 Å². The Morgan fingerprint density at radius 1 is 0.844 bits per heavy atom. The van der Waals surface area contributed by atoms with Crippen molar-refractivity contribution in [2.24, 2.45) is 0 Å². The van der Waals surface area contributed by atoms with E-state index in [1.54, 1.807) is 66.7 Å². The molecule has 0 saturated carbocycles. The fraction of sp³-hybridized carbons (Fsp3) is 0.257. The van der Waals surface area contributed by atoms with Crippen LogP contribution in [0.2, 0.25) is 5.02 Å². The summed E-state index contributed by atoms with van der Waals surface area (Å²) in [6, 6.07) is 29.9. The van der Waals surface area contributed by atoms with Crippen molar-refractivity contribution in [3.05, 3.63) is 125 Å². The molecule has 0 heterocycles. The van der Waals surface area contributed by atoms with Crippen molar-refractivity contribution < 1.29 is 22.7 Å². The predicted octanol–water partition coefficient (Wildman–Crippen LogP) is 6.10. The molecule has 0 aromatic heterocycles. The second-order valence-corrected chi connectivity index (χ2v) is 13.0. The average molecular weight is 648 g/mol. The number of hydrogen-bond donors (Lipinski definition) is 1. The summed E-state index contributed by atoms with van der Waals surface area (Å²) in [6.07, 6.45) is 0.940. The van der Waals surface area contributed by atoms with Crippen molar-refractivity contribution in [3.8, 4) is 5.75 Å². The van der Waals surface area contributed by atoms with Gasteiger partial charge in [0, 0.05) is 24.0 Å². The first-order valence-corrected chi connectivity index (χ1v) is 16.5. The lowest BCUT2D eigenvalue weighted by molar-refractivity contribution is -0.140. The van der Waals surface area contributed by atoms with Crippen LogP contribution < -0.4 is 14.4 Å². The largest absolute Gasteiger partial charge is 0.497 e. The van der Waals surface area contributed by atoms with Gasteiger partial charge in [0.2, 0.25) is 11.8 Å². The lowest BCUT2D eigenvalue weighted by Crippen LogP contribution is -2.54. The number of anilines is 1. The van der Waals surface area contributed by atoms with Crippen LogP contribution in [0.4, 0.5) is 5.69 Å². The standard InChI is InChI=1S/C35H38ClN3O5S/c1-4-26(2)37-35(41)33(23-27-11-7-5-8-12-27)38(24-28-15-17-29(36)18-16-28)34(40)25-39(30-13-9-6-10-14-30)45(42,43)32-21-19-31(44-3)20-22-32/h5-22,26,33H,4,23-25H2,1-3H3,(H,37,41)/t26-,33+/m1/s1. The SMILES string of the molecule is CC[C@@H](C)NC(=O)[C@H](Cc1ccccc1)N(Cc1ccc(Cl)cc1)C(=O)CN(c1ccccc1)S(=O)(=O)c1ccc(OC)cc1. The van der Waals surface area contributed by atoms with E-state index in [4.69, 9.17) is 16.3 Å². The van der Waals surface area contributed by atoms with Crippen molar-refractivity contribution in [1.29, 1.82) is 0 Å². The summed E-state index contributed by atoms with van der Waals surface area (Å²) < 4.78 is 34.5. The van der Waals surface area contributed by atoms with E-state index >= 15 is 0 Å². The van der Waals surface area contributed by atoms with Crippen LogP contribution >= 0.6 is 11.6 Å². The van der Waals surface area contributed by atoms with E-state index in [1.807, 2.05) is 44.2 Å². The van der Waals surface area contributed by atoms with Gasteiger partial charge >= 0.3 is 0 Å². The number of para-hydroxylation sites is 1. The van der Waals surface area contributed by atoms with E-state index in [-0.39, 0.29) is 29.8 Å². The van der Waals surface area contributed by atoms with E-state index in [0.717, 1.165) is 15.4 Å². The summed E-state index contributed by atoms with van der Waals surface area (Å²) in [5.41, 5.74) is 1.92. The van der Waals surface area contributed by atoms with E-state index < -0.39 is 28.5 Å². The Labute approximate surface area is 270 Å². The van der Waals surface area contributed by atoms with Crippen LogP contribution in [0, 0.1) is 0 Å². The molecule has 2 atom stereocenters. The number of nitrogens with zero attached hydrogens (tertiary/aromatic N) is 2. The van der Waals surface area contributed by atoms with Crippen LogP contribution in [-0.4, -0.2) is 50.9 Å². The molecule has 1 N–H and O–H groups in total. The highest BCUT2D eigenvalue weighted by Crippen LogP contribution is 2.26. The third kappa shape index (κ3) is 8.86. The zero-order valence-electron chi connectivity index (χ0n) is 25.6. The first kappa shape index (κ1) is 33.6. The highest BCUT2D eigenvalue weighted by molar-refractivity contribution is 7.92. The quantitative estimate of drug-likeness (QED) is 0.179. The Balaban J connectivity index is 1.78. The van der Waals surface area contributed by atoms with Crippen molar-refractivity contribution in [1.82, 2.24) is 10.2 Å². The minimum Gasteiger partial charge on any atom is -0.497 e. The van der Waals surface area contributed by atoms with Crippen molar-refractivity contribution in [3.63, 3.8) is 0 Å². The Morgan fingerprint density at radius 2 is 1.44 bits per heavy atom. The summed E-state index contributed by atoms with van der Waals surface area (Å²) in [4.78, 5) is 29.8. The summed E-state index contributed by atoms with van der Waals surface area (Å²) in [7, 11) is -2.70. The number of hydrogen-bond acceptors (Lipinski definition) is 5. The third-order valence-corrected chi connectivity index (χ3v) is 9.55. The molecule has 8 nitrogen and oxygen atoms in total. The molecule has 2 amide bonds. The maximum atomic E-state index is 14.5. The number of ether oxygens (including phenoxy) is 1. The summed E-state index contributed by atoms with van der Waals surface area (Å²) >= 11 is 6.14. The van der Waals surface area contributed by atoms with Crippen LogP contribution in [0.25, 0.3) is 0 Å². The molecular weight excluding hydrogens is 610 g/mol. The fourth-order valence-corrected chi connectivity index (χ4v) is 6.32. The molecule has 4 aromatic rings. The number of carbonyl (C=O) groups excluding carboxylic acids is 2. The number of halogens is 1. The number of sulfonamides is 1. The maximum absolute atomic E-state index is 14.5. The van der Waals surface area contributed by atoms with Gasteiger partial charge < -0.3 is 15.0 Å². The minimum absolute atomic E-state index is 0.000413. The molecule has 0 fully saturated rings. The zero-order valence-corrected chi connectivity index (χ0v) is 27.2. The number of amides is 2. The van der Waals surface area contributed by atoms with Crippen LogP contribution in [0.1, 0.15) is 31.4 Å². The van der Waals surface area contributed by atoms with Gasteiger partial charge in [-0.3, -0.25) is 13.9 Å². The average Bonchev–Trinajstić information content (AvgIpc) is 3.06. The molecule has 10 heteroatoms. The number of nitrogens with one attached hydrogen (secondary N) is 1.